The molecular formula is C22H20ClFN2O5. The number of carboxylic acids is 1. The summed E-state index contributed by atoms with van der Waals surface area (Å²) >= 11 is 6.28. The van der Waals surface area contributed by atoms with Crippen molar-refractivity contribution in [2.75, 3.05) is 13.7 Å². The van der Waals surface area contributed by atoms with Crippen LogP contribution >= 0.6 is 11.6 Å². The van der Waals surface area contributed by atoms with Gasteiger partial charge in [0, 0.05) is 23.2 Å². The maximum absolute atomic E-state index is 13.3. The molecule has 0 radical (unpaired) electrons. The molecule has 162 valence electrons. The van der Waals surface area contributed by atoms with Gasteiger partial charge in [-0.05, 0) is 48.9 Å². The van der Waals surface area contributed by atoms with E-state index < -0.39 is 17.7 Å². The third kappa shape index (κ3) is 4.69. The van der Waals surface area contributed by atoms with Crippen molar-refractivity contribution in [1.82, 2.24) is 9.88 Å². The van der Waals surface area contributed by atoms with Gasteiger partial charge in [-0.3, -0.25) is 19.0 Å². The summed E-state index contributed by atoms with van der Waals surface area (Å²) in [5, 5.41) is 12.2. The summed E-state index contributed by atoms with van der Waals surface area (Å²) in [6, 6.07) is 8.38. The number of carbonyl (C=O) groups is 3. The fourth-order valence-corrected chi connectivity index (χ4v) is 3.61. The maximum Gasteiger partial charge on any atom is 0.305 e. The predicted octanol–water partition coefficient (Wildman–Crippen LogP) is 3.57. The highest BCUT2D eigenvalue weighted by Gasteiger charge is 2.23. The summed E-state index contributed by atoms with van der Waals surface area (Å²) < 4.78 is 20.0. The zero-order valence-corrected chi connectivity index (χ0v) is 17.6. The van der Waals surface area contributed by atoms with Gasteiger partial charge in [-0.15, -0.1) is 0 Å². The van der Waals surface area contributed by atoms with Crippen LogP contribution in [0.3, 0.4) is 0 Å². The Bertz CT molecular complexity index is 1170. The van der Waals surface area contributed by atoms with Gasteiger partial charge in [-0.25, -0.2) is 4.39 Å². The van der Waals surface area contributed by atoms with Crippen LogP contribution in [0.5, 0.6) is 5.75 Å². The molecule has 31 heavy (non-hydrogen) atoms. The first-order chi connectivity index (χ1) is 14.7. The summed E-state index contributed by atoms with van der Waals surface area (Å²) in [7, 11) is 1.46. The number of fused-ring (bicyclic) bond motifs is 1. The van der Waals surface area contributed by atoms with Crippen molar-refractivity contribution in [2.24, 2.45) is 0 Å². The van der Waals surface area contributed by atoms with Crippen LogP contribution < -0.4 is 10.1 Å². The number of aromatic nitrogens is 1. The molecule has 9 heteroatoms. The number of carboxylic acid groups (broad SMARTS) is 1. The number of amides is 1. The van der Waals surface area contributed by atoms with Crippen LogP contribution in [-0.2, 0) is 16.0 Å². The molecule has 3 rings (SSSR count). The first-order valence-corrected chi connectivity index (χ1v) is 9.77. The van der Waals surface area contributed by atoms with Crippen molar-refractivity contribution in [3.05, 3.63) is 64.1 Å². The second kappa shape index (κ2) is 9.18. The SMILES string of the molecule is COc1cc2c(CC(=O)NCCC(=O)O)c(C)n(C(=O)c3ccc(F)cc3)c2cc1Cl. The van der Waals surface area contributed by atoms with Crippen LogP contribution in [0.2, 0.25) is 5.02 Å². The van der Waals surface area contributed by atoms with Gasteiger partial charge in [0.2, 0.25) is 5.91 Å². The largest absolute Gasteiger partial charge is 0.495 e. The molecule has 2 N–H and O–H groups in total. The van der Waals surface area contributed by atoms with E-state index in [0.717, 1.165) is 0 Å². The van der Waals surface area contributed by atoms with Gasteiger partial charge in [0.05, 0.1) is 30.5 Å². The Morgan fingerprint density at radius 2 is 1.87 bits per heavy atom. The van der Waals surface area contributed by atoms with Crippen molar-refractivity contribution in [2.45, 2.75) is 19.8 Å². The van der Waals surface area contributed by atoms with Gasteiger partial charge >= 0.3 is 5.97 Å². The lowest BCUT2D eigenvalue weighted by Crippen LogP contribution is -2.27. The molecule has 3 aromatic rings. The van der Waals surface area contributed by atoms with Gasteiger partial charge in [0.1, 0.15) is 11.6 Å². The van der Waals surface area contributed by atoms with E-state index in [1.54, 1.807) is 19.1 Å². The predicted molar refractivity (Wildman–Crippen MR) is 113 cm³/mol. The molecule has 1 amide bonds. The molecule has 0 aliphatic rings. The summed E-state index contributed by atoms with van der Waals surface area (Å²) in [4.78, 5) is 36.3. The Labute approximate surface area is 182 Å². The lowest BCUT2D eigenvalue weighted by molar-refractivity contribution is -0.136. The maximum atomic E-state index is 13.3. The number of carbonyl (C=O) groups excluding carboxylic acids is 2. The van der Waals surface area contributed by atoms with Crippen LogP contribution in [0.4, 0.5) is 4.39 Å². The van der Waals surface area contributed by atoms with Crippen molar-refractivity contribution in [3.8, 4) is 5.75 Å². The topological polar surface area (TPSA) is 97.6 Å². The van der Waals surface area contributed by atoms with Crippen LogP contribution in [0.25, 0.3) is 10.9 Å². The summed E-state index contributed by atoms with van der Waals surface area (Å²) in [6.45, 7) is 1.69. The lowest BCUT2D eigenvalue weighted by Gasteiger charge is -2.09. The molecule has 0 spiro atoms. The molecule has 0 aliphatic carbocycles. The van der Waals surface area contributed by atoms with E-state index in [1.165, 1.54) is 35.9 Å². The molecule has 0 saturated carbocycles. The number of benzene rings is 2. The zero-order valence-electron chi connectivity index (χ0n) is 16.9. The Morgan fingerprint density at radius 1 is 1.19 bits per heavy atom. The summed E-state index contributed by atoms with van der Waals surface area (Å²) in [5.41, 5.74) is 1.84. The highest BCUT2D eigenvalue weighted by molar-refractivity contribution is 6.33. The Kier molecular flexibility index (Phi) is 6.60. The minimum absolute atomic E-state index is 0.00445. The number of hydrogen-bond donors (Lipinski definition) is 2. The highest BCUT2D eigenvalue weighted by Crippen LogP contribution is 2.35. The number of nitrogens with one attached hydrogen (secondary N) is 1. The summed E-state index contributed by atoms with van der Waals surface area (Å²) in [5.74, 6) is -1.88. The average molecular weight is 447 g/mol. The number of hydrogen-bond acceptors (Lipinski definition) is 4. The molecule has 1 aromatic heterocycles. The van der Waals surface area contributed by atoms with Crippen molar-refractivity contribution in [3.63, 3.8) is 0 Å². The van der Waals surface area contributed by atoms with Crippen LogP contribution in [-0.4, -0.2) is 41.1 Å². The van der Waals surface area contributed by atoms with Gasteiger partial charge in [0.25, 0.3) is 5.91 Å². The van der Waals surface area contributed by atoms with E-state index in [2.05, 4.69) is 5.32 Å². The van der Waals surface area contributed by atoms with Crippen LogP contribution in [0.1, 0.15) is 28.0 Å². The molecule has 0 unspecified atom stereocenters. The number of rotatable bonds is 7. The van der Waals surface area contributed by atoms with Crippen molar-refractivity contribution >= 4 is 40.3 Å². The fraction of sp³-hybridized carbons (Fsp3) is 0.227. The third-order valence-electron chi connectivity index (χ3n) is 4.90. The van der Waals surface area contributed by atoms with Crippen LogP contribution in [0.15, 0.2) is 36.4 Å². The van der Waals surface area contributed by atoms with Crippen molar-refractivity contribution < 1.29 is 28.6 Å². The number of aliphatic carboxylic acids is 1. The van der Waals surface area contributed by atoms with E-state index in [0.29, 0.717) is 27.9 Å². The quantitative estimate of drug-likeness (QED) is 0.578. The van der Waals surface area contributed by atoms with E-state index in [4.69, 9.17) is 21.4 Å². The Morgan fingerprint density at radius 3 is 2.48 bits per heavy atom. The van der Waals surface area contributed by atoms with Gasteiger partial charge in [-0.2, -0.15) is 0 Å². The molecule has 7 nitrogen and oxygen atoms in total. The molecule has 2 aromatic carbocycles. The molecular weight excluding hydrogens is 427 g/mol. The van der Waals surface area contributed by atoms with Gasteiger partial charge in [0.15, 0.2) is 0 Å². The Balaban J connectivity index is 2.08. The first-order valence-electron chi connectivity index (χ1n) is 9.39. The summed E-state index contributed by atoms with van der Waals surface area (Å²) in [6.07, 6.45) is -0.268. The van der Waals surface area contributed by atoms with Crippen molar-refractivity contribution in [1.29, 1.82) is 0 Å². The number of nitrogens with zero attached hydrogens (tertiary/aromatic N) is 1. The fourth-order valence-electron chi connectivity index (χ4n) is 3.37. The van der Waals surface area contributed by atoms with E-state index in [9.17, 15) is 18.8 Å². The average Bonchev–Trinajstić information content (AvgIpc) is 2.97. The monoisotopic (exact) mass is 446 g/mol. The zero-order chi connectivity index (χ0) is 22.7. The second-order valence-corrected chi connectivity index (χ2v) is 7.29. The van der Waals surface area contributed by atoms with Crippen LogP contribution in [0, 0.1) is 12.7 Å². The minimum atomic E-state index is -1.02. The second-order valence-electron chi connectivity index (χ2n) is 6.89. The van der Waals surface area contributed by atoms with E-state index >= 15 is 0 Å². The molecule has 0 fully saturated rings. The number of ether oxygens (including phenoxy) is 1. The lowest BCUT2D eigenvalue weighted by atomic mass is 10.1. The highest BCUT2D eigenvalue weighted by atomic mass is 35.5. The number of halogens is 2. The van der Waals surface area contributed by atoms with Gasteiger partial charge < -0.3 is 15.2 Å². The molecule has 0 aliphatic heterocycles. The smallest absolute Gasteiger partial charge is 0.305 e. The van der Waals surface area contributed by atoms with E-state index in [1.807, 2.05) is 0 Å². The van der Waals surface area contributed by atoms with Gasteiger partial charge in [-0.1, -0.05) is 11.6 Å². The minimum Gasteiger partial charge on any atom is -0.495 e. The molecule has 1 heterocycles. The molecule has 0 bridgehead atoms. The standard InChI is InChI=1S/C22H20ClFN2O5/c1-12-15(10-20(27)25-8-7-21(28)29)16-9-19(31-2)17(23)11-18(16)26(12)22(30)13-3-5-14(24)6-4-13/h3-6,9,11H,7-8,10H2,1-2H3,(H,25,27)(H,28,29). The van der Waals surface area contributed by atoms with E-state index in [-0.39, 0.29) is 35.9 Å². The Hall–Kier alpha value is -3.39. The number of methoxy groups -OCH3 is 1. The first kappa shape index (κ1) is 22.3. The molecule has 0 atom stereocenters. The third-order valence-corrected chi connectivity index (χ3v) is 5.20. The molecule has 0 saturated heterocycles. The normalized spacial score (nSPS) is 10.8.